The van der Waals surface area contributed by atoms with E-state index in [-0.39, 0.29) is 5.79 Å². The smallest absolute Gasteiger partial charge is 0.120 e. The zero-order chi connectivity index (χ0) is 8.04. The molecule has 10 heavy (non-hydrogen) atoms. The molecule has 0 aliphatic heterocycles. The summed E-state index contributed by atoms with van der Waals surface area (Å²) >= 11 is 0. The number of nitrogens with two attached hydrogens (primary N) is 1. The van der Waals surface area contributed by atoms with Gasteiger partial charge in [0.15, 0.2) is 0 Å². The van der Waals surface area contributed by atoms with Crippen LogP contribution in [0.2, 0.25) is 0 Å². The van der Waals surface area contributed by atoms with Crippen molar-refractivity contribution in [1.82, 2.24) is 10.6 Å². The zero-order valence-electron chi connectivity index (χ0n) is 7.20. The lowest BCUT2D eigenvalue weighted by atomic mass is 10.2. The van der Waals surface area contributed by atoms with E-state index in [1.54, 1.807) is 0 Å². The number of hydrogen-bond acceptors (Lipinski definition) is 3. The van der Waals surface area contributed by atoms with Gasteiger partial charge in [-0.1, -0.05) is 20.8 Å². The first-order valence-electron chi connectivity index (χ1n) is 3.97. The molecule has 0 aliphatic rings. The summed E-state index contributed by atoms with van der Waals surface area (Å²) < 4.78 is 0. The van der Waals surface area contributed by atoms with Gasteiger partial charge >= 0.3 is 0 Å². The average Bonchev–Trinajstić information content (AvgIpc) is 1.89. The van der Waals surface area contributed by atoms with E-state index >= 15 is 0 Å². The second-order valence-electron chi connectivity index (χ2n) is 2.39. The van der Waals surface area contributed by atoms with Crippen molar-refractivity contribution in [2.24, 2.45) is 5.73 Å². The fourth-order valence-electron chi connectivity index (χ4n) is 0.943. The summed E-state index contributed by atoms with van der Waals surface area (Å²) in [6.07, 6.45) is 0.898. The predicted molar refractivity (Wildman–Crippen MR) is 44.6 cm³/mol. The Hall–Kier alpha value is -0.120. The van der Waals surface area contributed by atoms with Crippen molar-refractivity contribution >= 4 is 0 Å². The maximum absolute atomic E-state index is 5.90. The third-order valence-corrected chi connectivity index (χ3v) is 1.54. The molecule has 0 atom stereocenters. The van der Waals surface area contributed by atoms with Gasteiger partial charge in [-0.2, -0.15) is 0 Å². The Morgan fingerprint density at radius 2 is 1.50 bits per heavy atom. The van der Waals surface area contributed by atoms with E-state index in [1.165, 1.54) is 0 Å². The summed E-state index contributed by atoms with van der Waals surface area (Å²) in [5.74, 6) is -0.358. The van der Waals surface area contributed by atoms with E-state index in [0.717, 1.165) is 19.5 Å². The van der Waals surface area contributed by atoms with Crippen LogP contribution in [-0.4, -0.2) is 18.9 Å². The molecule has 3 heteroatoms. The maximum Gasteiger partial charge on any atom is 0.120 e. The monoisotopic (exact) mass is 145 g/mol. The molecule has 0 amide bonds. The van der Waals surface area contributed by atoms with Crippen molar-refractivity contribution in [1.29, 1.82) is 0 Å². The fraction of sp³-hybridized carbons (Fsp3) is 1.00. The second-order valence-corrected chi connectivity index (χ2v) is 2.39. The van der Waals surface area contributed by atoms with Gasteiger partial charge in [-0.3, -0.25) is 10.6 Å². The predicted octanol–water partition coefficient (Wildman–Crippen LogP) is 0.228. The normalized spacial score (nSPS) is 12.0. The first-order valence-corrected chi connectivity index (χ1v) is 3.97. The van der Waals surface area contributed by atoms with E-state index in [1.807, 2.05) is 0 Å². The highest BCUT2D eigenvalue weighted by molar-refractivity contribution is 4.74. The molecule has 0 unspecified atom stereocenters. The Bertz CT molecular complexity index is 76.9. The number of rotatable bonds is 5. The number of hydrogen-bond donors (Lipinski definition) is 3. The molecule has 0 bridgehead atoms. The van der Waals surface area contributed by atoms with E-state index in [9.17, 15) is 0 Å². The van der Waals surface area contributed by atoms with Crippen LogP contribution in [0.5, 0.6) is 0 Å². The Kier molecular flexibility index (Phi) is 4.60. The Morgan fingerprint density at radius 3 is 1.70 bits per heavy atom. The van der Waals surface area contributed by atoms with Gasteiger partial charge < -0.3 is 5.73 Å². The summed E-state index contributed by atoms with van der Waals surface area (Å²) in [5, 5.41) is 6.35. The highest BCUT2D eigenvalue weighted by Gasteiger charge is 2.17. The van der Waals surface area contributed by atoms with Gasteiger partial charge in [-0.05, 0) is 19.5 Å². The third-order valence-electron chi connectivity index (χ3n) is 1.54. The van der Waals surface area contributed by atoms with E-state index in [2.05, 4.69) is 31.4 Å². The molecule has 0 aromatic rings. The molecule has 0 aromatic heterocycles. The van der Waals surface area contributed by atoms with Gasteiger partial charge in [0.2, 0.25) is 0 Å². The highest BCUT2D eigenvalue weighted by atomic mass is 15.3. The van der Waals surface area contributed by atoms with Crippen LogP contribution in [0.3, 0.4) is 0 Å². The molecule has 0 aliphatic carbocycles. The number of nitrogens with one attached hydrogen (secondary N) is 2. The minimum atomic E-state index is -0.358. The van der Waals surface area contributed by atoms with Gasteiger partial charge in [-0.15, -0.1) is 0 Å². The minimum Gasteiger partial charge on any atom is -0.301 e. The largest absolute Gasteiger partial charge is 0.301 e. The van der Waals surface area contributed by atoms with Crippen LogP contribution in [0.15, 0.2) is 0 Å². The molecule has 0 radical (unpaired) electrons. The molecule has 0 saturated heterocycles. The van der Waals surface area contributed by atoms with Crippen LogP contribution in [0.25, 0.3) is 0 Å². The topological polar surface area (TPSA) is 50.1 Å². The fourth-order valence-corrected chi connectivity index (χ4v) is 0.943. The molecule has 0 fully saturated rings. The molecule has 4 N–H and O–H groups in total. The van der Waals surface area contributed by atoms with Gasteiger partial charge in [0.05, 0.1) is 0 Å². The molecule has 0 spiro atoms. The highest BCUT2D eigenvalue weighted by Crippen LogP contribution is 1.94. The molecule has 62 valence electrons. The second kappa shape index (κ2) is 4.66. The van der Waals surface area contributed by atoms with Crippen LogP contribution in [0.4, 0.5) is 0 Å². The average molecular weight is 145 g/mol. The van der Waals surface area contributed by atoms with E-state index < -0.39 is 0 Å². The Morgan fingerprint density at radius 1 is 1.10 bits per heavy atom. The molecular weight excluding hydrogens is 126 g/mol. The third kappa shape index (κ3) is 3.15. The lowest BCUT2D eigenvalue weighted by Gasteiger charge is -2.29. The summed E-state index contributed by atoms with van der Waals surface area (Å²) in [4.78, 5) is 0. The van der Waals surface area contributed by atoms with Gasteiger partial charge in [0.1, 0.15) is 5.79 Å². The van der Waals surface area contributed by atoms with Crippen molar-refractivity contribution in [2.45, 2.75) is 33.0 Å². The van der Waals surface area contributed by atoms with Crippen LogP contribution in [0.1, 0.15) is 27.2 Å². The van der Waals surface area contributed by atoms with Crippen molar-refractivity contribution in [2.75, 3.05) is 13.1 Å². The summed E-state index contributed by atoms with van der Waals surface area (Å²) in [6, 6.07) is 0. The first-order chi connectivity index (χ1) is 4.68. The van der Waals surface area contributed by atoms with Crippen molar-refractivity contribution in [3.8, 4) is 0 Å². The maximum atomic E-state index is 5.90. The molecular formula is C7H19N3. The summed E-state index contributed by atoms with van der Waals surface area (Å²) in [6.45, 7) is 7.96. The molecule has 3 nitrogen and oxygen atoms in total. The molecule has 0 heterocycles. The van der Waals surface area contributed by atoms with Gasteiger partial charge in [0.25, 0.3) is 0 Å². The summed E-state index contributed by atoms with van der Waals surface area (Å²) in [5.41, 5.74) is 5.90. The van der Waals surface area contributed by atoms with Crippen molar-refractivity contribution in [3.05, 3.63) is 0 Å². The van der Waals surface area contributed by atoms with Crippen LogP contribution < -0.4 is 16.4 Å². The van der Waals surface area contributed by atoms with E-state index in [4.69, 9.17) is 5.73 Å². The minimum absolute atomic E-state index is 0.358. The van der Waals surface area contributed by atoms with Crippen molar-refractivity contribution in [3.63, 3.8) is 0 Å². The van der Waals surface area contributed by atoms with Gasteiger partial charge in [0, 0.05) is 0 Å². The SMILES string of the molecule is CCNC(N)(CC)NCC. The Balaban J connectivity index is 3.69. The first kappa shape index (κ1) is 9.88. The van der Waals surface area contributed by atoms with Crippen LogP contribution in [0, 0.1) is 0 Å². The standard InChI is InChI=1S/C7H19N3/c1-4-7(8,9-5-2)10-6-3/h9-10H,4-6,8H2,1-3H3. The van der Waals surface area contributed by atoms with Crippen molar-refractivity contribution < 1.29 is 0 Å². The molecule has 0 aromatic carbocycles. The summed E-state index contributed by atoms with van der Waals surface area (Å²) in [7, 11) is 0. The van der Waals surface area contributed by atoms with Crippen LogP contribution in [-0.2, 0) is 0 Å². The molecule has 0 saturated carbocycles. The lowest BCUT2D eigenvalue weighted by molar-refractivity contribution is 0.265. The lowest BCUT2D eigenvalue weighted by Crippen LogP contribution is -2.63. The van der Waals surface area contributed by atoms with Gasteiger partial charge in [-0.25, -0.2) is 0 Å². The quantitative estimate of drug-likeness (QED) is 0.485. The van der Waals surface area contributed by atoms with E-state index in [0.29, 0.717) is 0 Å². The molecule has 0 rings (SSSR count). The zero-order valence-corrected chi connectivity index (χ0v) is 7.20. The Labute approximate surface area is 63.4 Å². The van der Waals surface area contributed by atoms with Crippen LogP contribution >= 0.6 is 0 Å².